The molecule has 0 radical (unpaired) electrons. The Kier molecular flexibility index (Phi) is 7.68. The van der Waals surface area contributed by atoms with Crippen molar-refractivity contribution in [3.63, 3.8) is 0 Å². The third-order valence-corrected chi connectivity index (χ3v) is 5.21. The van der Waals surface area contributed by atoms with Crippen molar-refractivity contribution in [2.75, 3.05) is 6.61 Å². The number of carboxylic acid groups (broad SMARTS) is 1. The Morgan fingerprint density at radius 1 is 0.871 bits per heavy atom. The van der Waals surface area contributed by atoms with E-state index in [4.69, 9.17) is 16.3 Å². The van der Waals surface area contributed by atoms with Gasteiger partial charge in [-0.2, -0.15) is 0 Å². The highest BCUT2D eigenvalue weighted by Gasteiger charge is 2.19. The lowest BCUT2D eigenvalue weighted by Gasteiger charge is -2.24. The van der Waals surface area contributed by atoms with Crippen molar-refractivity contribution in [2.24, 2.45) is 0 Å². The molecule has 0 aliphatic carbocycles. The molecule has 0 fully saturated rings. The summed E-state index contributed by atoms with van der Waals surface area (Å²) in [5.74, 6) is -1.43. The number of amides is 1. The summed E-state index contributed by atoms with van der Waals surface area (Å²) in [7, 11) is 0. The van der Waals surface area contributed by atoms with Crippen LogP contribution >= 0.6 is 11.6 Å². The zero-order chi connectivity index (χ0) is 22.2. The van der Waals surface area contributed by atoms with Crippen LogP contribution in [0.25, 0.3) is 0 Å². The highest BCUT2D eigenvalue weighted by molar-refractivity contribution is 6.32. The number of aryl methyl sites for hydroxylation is 1. The third kappa shape index (κ3) is 6.09. The van der Waals surface area contributed by atoms with Crippen LogP contribution in [0.3, 0.4) is 0 Å². The summed E-state index contributed by atoms with van der Waals surface area (Å²) in [5, 5.41) is 9.51. The lowest BCUT2D eigenvalue weighted by Crippen LogP contribution is -2.34. The SMILES string of the molecule is CCc1ccc(CN(Cc2ccccc2)C(=O)COc2c(Cl)cccc2C(=O)O)cc1. The highest BCUT2D eigenvalue weighted by Crippen LogP contribution is 2.28. The smallest absolute Gasteiger partial charge is 0.339 e. The number of hydrogen-bond donors (Lipinski definition) is 1. The van der Waals surface area contributed by atoms with Crippen molar-refractivity contribution in [3.8, 4) is 5.75 Å². The van der Waals surface area contributed by atoms with E-state index in [-0.39, 0.29) is 28.8 Å². The molecule has 0 unspecified atom stereocenters. The lowest BCUT2D eigenvalue weighted by molar-refractivity contribution is -0.134. The van der Waals surface area contributed by atoms with E-state index < -0.39 is 5.97 Å². The maximum atomic E-state index is 13.1. The molecule has 0 aliphatic heterocycles. The Hall–Kier alpha value is -3.31. The molecule has 0 spiro atoms. The largest absolute Gasteiger partial charge is 0.481 e. The van der Waals surface area contributed by atoms with Crippen LogP contribution in [0.15, 0.2) is 72.8 Å². The predicted octanol–water partition coefficient (Wildman–Crippen LogP) is 5.21. The topological polar surface area (TPSA) is 66.8 Å². The van der Waals surface area contributed by atoms with Gasteiger partial charge in [0.15, 0.2) is 12.4 Å². The van der Waals surface area contributed by atoms with Gasteiger partial charge in [-0.1, -0.05) is 79.2 Å². The Morgan fingerprint density at radius 2 is 1.48 bits per heavy atom. The van der Waals surface area contributed by atoms with E-state index in [1.165, 1.54) is 23.8 Å². The number of carbonyl (C=O) groups is 2. The van der Waals surface area contributed by atoms with Crippen LogP contribution in [0.1, 0.15) is 34.0 Å². The van der Waals surface area contributed by atoms with Crippen molar-refractivity contribution in [3.05, 3.63) is 100 Å². The standard InChI is InChI=1S/C25H24ClNO4/c1-2-18-11-13-20(14-12-18)16-27(15-19-7-4-3-5-8-19)23(28)17-31-24-21(25(29)30)9-6-10-22(24)26/h3-14H,2,15-17H2,1H3,(H,29,30). The second-order valence-electron chi connectivity index (χ2n) is 7.12. The van der Waals surface area contributed by atoms with Gasteiger partial charge in [-0.05, 0) is 35.2 Å². The molecule has 3 aromatic carbocycles. The van der Waals surface area contributed by atoms with Gasteiger partial charge in [0, 0.05) is 13.1 Å². The Morgan fingerprint density at radius 3 is 2.10 bits per heavy atom. The van der Waals surface area contributed by atoms with E-state index >= 15 is 0 Å². The van der Waals surface area contributed by atoms with Gasteiger partial charge in [-0.3, -0.25) is 4.79 Å². The molecule has 160 valence electrons. The molecular formula is C25H24ClNO4. The van der Waals surface area contributed by atoms with Crippen LogP contribution in [0.2, 0.25) is 5.02 Å². The van der Waals surface area contributed by atoms with Crippen LogP contribution in [0, 0.1) is 0 Å². The van der Waals surface area contributed by atoms with Crippen LogP contribution in [0.4, 0.5) is 0 Å². The average Bonchev–Trinajstić information content (AvgIpc) is 2.78. The molecule has 0 atom stereocenters. The first kappa shape index (κ1) is 22.4. The summed E-state index contributed by atoms with van der Waals surface area (Å²) >= 11 is 6.11. The molecule has 1 N–H and O–H groups in total. The van der Waals surface area contributed by atoms with Crippen molar-refractivity contribution >= 4 is 23.5 Å². The van der Waals surface area contributed by atoms with E-state index in [9.17, 15) is 14.7 Å². The summed E-state index contributed by atoms with van der Waals surface area (Å²) in [6.07, 6.45) is 0.949. The third-order valence-electron chi connectivity index (χ3n) is 4.91. The molecule has 6 heteroatoms. The quantitative estimate of drug-likeness (QED) is 0.499. The molecule has 0 saturated carbocycles. The average molecular weight is 438 g/mol. The zero-order valence-electron chi connectivity index (χ0n) is 17.3. The number of carboxylic acids is 1. The van der Waals surface area contributed by atoms with Gasteiger partial charge in [0.05, 0.1) is 5.02 Å². The summed E-state index contributed by atoms with van der Waals surface area (Å²) in [4.78, 5) is 26.2. The Balaban J connectivity index is 1.78. The molecule has 0 saturated heterocycles. The number of nitrogens with zero attached hydrogens (tertiary/aromatic N) is 1. The normalized spacial score (nSPS) is 10.5. The highest BCUT2D eigenvalue weighted by atomic mass is 35.5. The number of para-hydroxylation sites is 1. The van der Waals surface area contributed by atoms with E-state index in [1.807, 2.05) is 42.5 Å². The fraction of sp³-hybridized carbons (Fsp3) is 0.200. The molecule has 0 bridgehead atoms. The van der Waals surface area contributed by atoms with Gasteiger partial charge >= 0.3 is 5.97 Å². The number of halogens is 1. The number of carbonyl (C=O) groups excluding carboxylic acids is 1. The lowest BCUT2D eigenvalue weighted by atomic mass is 10.1. The molecule has 0 aliphatic rings. The van der Waals surface area contributed by atoms with Gasteiger partial charge in [0.1, 0.15) is 5.56 Å². The van der Waals surface area contributed by atoms with Crippen molar-refractivity contribution < 1.29 is 19.4 Å². The molecular weight excluding hydrogens is 414 g/mol. The van der Waals surface area contributed by atoms with Gasteiger partial charge < -0.3 is 14.7 Å². The minimum Gasteiger partial charge on any atom is -0.481 e. The number of rotatable bonds is 9. The van der Waals surface area contributed by atoms with Crippen LogP contribution < -0.4 is 4.74 Å². The summed E-state index contributed by atoms with van der Waals surface area (Å²) in [6.45, 7) is 2.60. The molecule has 31 heavy (non-hydrogen) atoms. The van der Waals surface area contributed by atoms with E-state index in [1.54, 1.807) is 4.90 Å². The Labute approximate surface area is 186 Å². The fourth-order valence-electron chi connectivity index (χ4n) is 3.19. The van der Waals surface area contributed by atoms with Crippen LogP contribution in [-0.4, -0.2) is 28.5 Å². The minimum absolute atomic E-state index is 0.00280. The maximum Gasteiger partial charge on any atom is 0.339 e. The van der Waals surface area contributed by atoms with Gasteiger partial charge in [-0.15, -0.1) is 0 Å². The molecule has 0 heterocycles. The molecule has 0 aromatic heterocycles. The number of hydrogen-bond acceptors (Lipinski definition) is 3. The molecule has 1 amide bonds. The summed E-state index contributed by atoms with van der Waals surface area (Å²) in [6, 6.07) is 22.3. The number of aromatic carboxylic acids is 1. The van der Waals surface area contributed by atoms with E-state index in [0.717, 1.165) is 17.5 Å². The predicted molar refractivity (Wildman–Crippen MR) is 120 cm³/mol. The summed E-state index contributed by atoms with van der Waals surface area (Å²) < 4.78 is 5.58. The van der Waals surface area contributed by atoms with Crippen LogP contribution in [0.5, 0.6) is 5.75 Å². The van der Waals surface area contributed by atoms with Gasteiger partial charge in [-0.25, -0.2) is 4.79 Å². The van der Waals surface area contributed by atoms with Gasteiger partial charge in [0.25, 0.3) is 5.91 Å². The van der Waals surface area contributed by atoms with Crippen LogP contribution in [-0.2, 0) is 24.3 Å². The first-order valence-electron chi connectivity index (χ1n) is 10.0. The maximum absolute atomic E-state index is 13.1. The van der Waals surface area contributed by atoms with Gasteiger partial charge in [0.2, 0.25) is 0 Å². The number of ether oxygens (including phenoxy) is 1. The zero-order valence-corrected chi connectivity index (χ0v) is 18.0. The molecule has 3 aromatic rings. The minimum atomic E-state index is -1.16. The van der Waals surface area contributed by atoms with E-state index in [0.29, 0.717) is 13.1 Å². The first-order chi connectivity index (χ1) is 15.0. The monoisotopic (exact) mass is 437 g/mol. The molecule has 5 nitrogen and oxygen atoms in total. The fourth-order valence-corrected chi connectivity index (χ4v) is 3.42. The van der Waals surface area contributed by atoms with E-state index in [2.05, 4.69) is 19.1 Å². The van der Waals surface area contributed by atoms with Crippen molar-refractivity contribution in [1.82, 2.24) is 4.90 Å². The van der Waals surface area contributed by atoms with Crippen molar-refractivity contribution in [2.45, 2.75) is 26.4 Å². The Bertz CT molecular complexity index is 1040. The first-order valence-corrected chi connectivity index (χ1v) is 10.4. The molecule has 3 rings (SSSR count). The second kappa shape index (κ2) is 10.6. The van der Waals surface area contributed by atoms with Crippen molar-refractivity contribution in [1.29, 1.82) is 0 Å². The number of benzene rings is 3. The second-order valence-corrected chi connectivity index (χ2v) is 7.52. The summed E-state index contributed by atoms with van der Waals surface area (Å²) in [5.41, 5.74) is 3.15.